The lowest BCUT2D eigenvalue weighted by atomic mass is 10.0. The van der Waals surface area contributed by atoms with Crippen LogP contribution in [0.25, 0.3) is 10.8 Å². The molecule has 0 atom stereocenters. The summed E-state index contributed by atoms with van der Waals surface area (Å²) in [4.78, 5) is 27.0. The molecule has 5 heteroatoms. The number of nitrogens with two attached hydrogens (primary N) is 1. The largest absolute Gasteiger partial charge is 0.457 e. The lowest BCUT2D eigenvalue weighted by Gasteiger charge is -2.11. The zero-order valence-corrected chi connectivity index (χ0v) is 13.2. The van der Waals surface area contributed by atoms with Crippen molar-refractivity contribution in [3.63, 3.8) is 0 Å². The van der Waals surface area contributed by atoms with E-state index in [1.165, 1.54) is 6.20 Å². The maximum Gasteiger partial charge on any atom is 0.263 e. The number of amides is 1. The second-order valence-corrected chi connectivity index (χ2v) is 5.38. The summed E-state index contributed by atoms with van der Waals surface area (Å²) in [5, 5.41) is 1.69. The lowest BCUT2D eigenvalue weighted by molar-refractivity contribution is -0.112. The fourth-order valence-corrected chi connectivity index (χ4v) is 2.56. The number of carbonyl (C=O) groups is 2. The Morgan fingerprint density at radius 1 is 1.12 bits per heavy atom. The lowest BCUT2D eigenvalue weighted by Crippen LogP contribution is -2.22. The number of allylic oxidation sites excluding steroid dienone is 2. The third kappa shape index (κ3) is 3.10. The number of fused-ring (bicyclic) bond motifs is 1. The van der Waals surface area contributed by atoms with Crippen molar-refractivity contribution in [3.05, 3.63) is 66.1 Å². The summed E-state index contributed by atoms with van der Waals surface area (Å²) in [5.74, 6) is 0.656. The molecular formula is C19H16N2O3. The Bertz CT molecular complexity index is 923. The molecule has 1 amide bonds. The predicted octanol–water partition coefficient (Wildman–Crippen LogP) is 3.15. The van der Waals surface area contributed by atoms with Crippen LogP contribution in [-0.4, -0.2) is 17.4 Å². The molecular weight excluding hydrogens is 304 g/mol. The van der Waals surface area contributed by atoms with Crippen LogP contribution in [0.2, 0.25) is 0 Å². The molecule has 1 heterocycles. The van der Waals surface area contributed by atoms with Gasteiger partial charge in [0.05, 0.1) is 0 Å². The zero-order valence-electron chi connectivity index (χ0n) is 13.2. The number of primary amides is 1. The van der Waals surface area contributed by atoms with E-state index in [1.54, 1.807) is 25.1 Å². The summed E-state index contributed by atoms with van der Waals surface area (Å²) in [6, 6.07) is 11.1. The first-order chi connectivity index (χ1) is 11.6. The first-order valence-electron chi connectivity index (χ1n) is 7.50. The van der Waals surface area contributed by atoms with Crippen molar-refractivity contribution >= 4 is 28.2 Å². The number of hydrogen-bond acceptors (Lipinski definition) is 4. The summed E-state index contributed by atoms with van der Waals surface area (Å²) in [6.45, 7) is 1.54. The Kier molecular flexibility index (Phi) is 4.24. The van der Waals surface area contributed by atoms with Gasteiger partial charge in [-0.3, -0.25) is 14.6 Å². The second kappa shape index (κ2) is 6.50. The molecule has 0 saturated heterocycles. The van der Waals surface area contributed by atoms with E-state index in [2.05, 4.69) is 4.99 Å². The van der Waals surface area contributed by atoms with Crippen LogP contribution >= 0.6 is 0 Å². The standard InChI is InChI=1S/C19H16N2O3/c1-12(22)14-4-2-6-16-15(14)5-3-7-18(16)24-13-8-9-17(19(20)23)21-11-10-13/h2-8,10-11H,9H2,1H3,(H2,20,23). The molecule has 0 aliphatic carbocycles. The number of hydrogen-bond donors (Lipinski definition) is 1. The van der Waals surface area contributed by atoms with Gasteiger partial charge in [-0.25, -0.2) is 0 Å². The molecule has 120 valence electrons. The van der Waals surface area contributed by atoms with Crippen LogP contribution < -0.4 is 10.5 Å². The molecule has 24 heavy (non-hydrogen) atoms. The topological polar surface area (TPSA) is 81.8 Å². The second-order valence-electron chi connectivity index (χ2n) is 5.38. The number of carbonyl (C=O) groups excluding carboxylic acids is 2. The van der Waals surface area contributed by atoms with Gasteiger partial charge in [0.15, 0.2) is 5.78 Å². The average molecular weight is 320 g/mol. The molecule has 1 aliphatic heterocycles. The van der Waals surface area contributed by atoms with E-state index in [4.69, 9.17) is 10.5 Å². The number of benzene rings is 2. The van der Waals surface area contributed by atoms with E-state index in [1.807, 2.05) is 30.3 Å². The number of Topliss-reactive ketones (excluding diaryl/α,β-unsaturated/α-hetero) is 1. The number of nitrogens with zero attached hydrogens (tertiary/aromatic N) is 1. The molecule has 2 aromatic carbocycles. The molecule has 0 unspecified atom stereocenters. The molecule has 3 rings (SSSR count). The van der Waals surface area contributed by atoms with E-state index in [0.29, 0.717) is 23.5 Å². The Labute approximate surface area is 139 Å². The first kappa shape index (κ1) is 15.7. The Morgan fingerprint density at radius 2 is 1.88 bits per heavy atom. The van der Waals surface area contributed by atoms with Gasteiger partial charge < -0.3 is 10.5 Å². The number of ketones is 1. The predicted molar refractivity (Wildman–Crippen MR) is 93.0 cm³/mol. The number of aliphatic imine (C=N–C) groups is 1. The van der Waals surface area contributed by atoms with Crippen molar-refractivity contribution in [3.8, 4) is 5.75 Å². The molecule has 0 fully saturated rings. The van der Waals surface area contributed by atoms with Crippen molar-refractivity contribution in [1.82, 2.24) is 0 Å². The summed E-state index contributed by atoms with van der Waals surface area (Å²) >= 11 is 0. The van der Waals surface area contributed by atoms with Gasteiger partial charge in [0.25, 0.3) is 5.91 Å². The molecule has 2 aromatic rings. The molecule has 0 saturated carbocycles. The molecule has 5 nitrogen and oxygen atoms in total. The molecule has 0 spiro atoms. The third-order valence-electron chi connectivity index (χ3n) is 3.74. The van der Waals surface area contributed by atoms with Gasteiger partial charge >= 0.3 is 0 Å². The van der Waals surface area contributed by atoms with E-state index >= 15 is 0 Å². The summed E-state index contributed by atoms with van der Waals surface area (Å²) in [5.41, 5.74) is 6.18. The average Bonchev–Trinajstić information content (AvgIpc) is 2.80. The zero-order chi connectivity index (χ0) is 17.1. The fourth-order valence-electron chi connectivity index (χ4n) is 2.56. The third-order valence-corrected chi connectivity index (χ3v) is 3.74. The van der Waals surface area contributed by atoms with Gasteiger partial charge in [-0.2, -0.15) is 0 Å². The van der Waals surface area contributed by atoms with Crippen molar-refractivity contribution < 1.29 is 14.3 Å². The minimum Gasteiger partial charge on any atom is -0.457 e. The Balaban J connectivity index is 1.96. The smallest absolute Gasteiger partial charge is 0.263 e. The fraction of sp³-hybridized carbons (Fsp3) is 0.105. The van der Waals surface area contributed by atoms with Crippen LogP contribution in [0.15, 0.2) is 65.5 Å². The van der Waals surface area contributed by atoms with Crippen LogP contribution in [0.3, 0.4) is 0 Å². The van der Waals surface area contributed by atoms with Crippen LogP contribution in [-0.2, 0) is 4.79 Å². The van der Waals surface area contributed by atoms with Crippen LogP contribution in [0.1, 0.15) is 23.7 Å². The van der Waals surface area contributed by atoms with Crippen LogP contribution in [0, 0.1) is 0 Å². The molecule has 0 aromatic heterocycles. The summed E-state index contributed by atoms with van der Waals surface area (Å²) < 4.78 is 5.95. The van der Waals surface area contributed by atoms with Crippen molar-refractivity contribution in [1.29, 1.82) is 0 Å². The van der Waals surface area contributed by atoms with E-state index in [0.717, 1.165) is 10.8 Å². The van der Waals surface area contributed by atoms with E-state index in [9.17, 15) is 9.59 Å². The van der Waals surface area contributed by atoms with Crippen LogP contribution in [0.5, 0.6) is 5.75 Å². The van der Waals surface area contributed by atoms with E-state index < -0.39 is 5.91 Å². The highest BCUT2D eigenvalue weighted by Gasteiger charge is 2.11. The normalized spacial score (nSPS) is 13.9. The highest BCUT2D eigenvalue weighted by molar-refractivity contribution is 6.38. The van der Waals surface area contributed by atoms with Gasteiger partial charge in [0, 0.05) is 23.6 Å². The van der Waals surface area contributed by atoms with Gasteiger partial charge in [0.2, 0.25) is 0 Å². The highest BCUT2D eigenvalue weighted by Crippen LogP contribution is 2.30. The SMILES string of the molecule is CC(=O)c1cccc2c(OC3=CCC(C(N)=O)=NC=C3)cccc12. The molecule has 2 N–H and O–H groups in total. The monoisotopic (exact) mass is 320 g/mol. The van der Waals surface area contributed by atoms with E-state index in [-0.39, 0.29) is 11.5 Å². The van der Waals surface area contributed by atoms with Crippen molar-refractivity contribution in [2.45, 2.75) is 13.3 Å². The maximum atomic E-state index is 11.8. The van der Waals surface area contributed by atoms with Gasteiger partial charge in [-0.1, -0.05) is 30.3 Å². The molecule has 1 aliphatic rings. The van der Waals surface area contributed by atoms with Crippen molar-refractivity contribution in [2.24, 2.45) is 10.7 Å². The molecule has 0 bridgehead atoms. The highest BCUT2D eigenvalue weighted by atomic mass is 16.5. The van der Waals surface area contributed by atoms with Crippen LogP contribution in [0.4, 0.5) is 0 Å². The first-order valence-corrected chi connectivity index (χ1v) is 7.50. The molecule has 0 radical (unpaired) electrons. The van der Waals surface area contributed by atoms with Gasteiger partial charge in [0.1, 0.15) is 17.2 Å². The summed E-state index contributed by atoms with van der Waals surface area (Å²) in [6.07, 6.45) is 5.22. The Hall–Kier alpha value is -3.21. The Morgan fingerprint density at radius 3 is 2.62 bits per heavy atom. The number of rotatable bonds is 4. The van der Waals surface area contributed by atoms with Gasteiger partial charge in [-0.15, -0.1) is 0 Å². The van der Waals surface area contributed by atoms with Gasteiger partial charge in [-0.05, 0) is 30.5 Å². The minimum atomic E-state index is -0.548. The maximum absolute atomic E-state index is 11.8. The number of ether oxygens (including phenoxy) is 1. The van der Waals surface area contributed by atoms with Crippen molar-refractivity contribution in [2.75, 3.05) is 0 Å². The minimum absolute atomic E-state index is 0.00540. The quantitative estimate of drug-likeness (QED) is 0.879. The summed E-state index contributed by atoms with van der Waals surface area (Å²) in [7, 11) is 0.